The summed E-state index contributed by atoms with van der Waals surface area (Å²) in [5, 5.41) is 9.59. The van der Waals surface area contributed by atoms with Gasteiger partial charge in [-0.1, -0.05) is 50.1 Å². The van der Waals surface area contributed by atoms with Gasteiger partial charge in [0.15, 0.2) is 0 Å². The van der Waals surface area contributed by atoms with Crippen molar-refractivity contribution in [2.45, 2.75) is 44.9 Å². The van der Waals surface area contributed by atoms with E-state index in [1.807, 2.05) is 35.2 Å². The summed E-state index contributed by atoms with van der Waals surface area (Å²) < 4.78 is 0. The minimum absolute atomic E-state index is 0.104. The molecular formula is C19H25NO3. The first-order chi connectivity index (χ1) is 11.1. The first kappa shape index (κ1) is 16.0. The summed E-state index contributed by atoms with van der Waals surface area (Å²) in [4.78, 5) is 26.6. The van der Waals surface area contributed by atoms with Crippen molar-refractivity contribution in [1.82, 2.24) is 4.90 Å². The van der Waals surface area contributed by atoms with Gasteiger partial charge in [-0.2, -0.15) is 0 Å². The first-order valence-electron chi connectivity index (χ1n) is 8.64. The number of carbonyl (C=O) groups is 2. The van der Waals surface area contributed by atoms with Crippen molar-refractivity contribution in [3.63, 3.8) is 0 Å². The van der Waals surface area contributed by atoms with Crippen molar-refractivity contribution in [3.05, 3.63) is 35.9 Å². The number of aliphatic carboxylic acids is 1. The van der Waals surface area contributed by atoms with E-state index in [1.165, 1.54) is 0 Å². The zero-order chi connectivity index (χ0) is 16.4. The maximum Gasteiger partial charge on any atom is 0.308 e. The van der Waals surface area contributed by atoms with E-state index in [-0.39, 0.29) is 17.2 Å². The number of hydrogen-bond donors (Lipinski definition) is 1. The average molecular weight is 315 g/mol. The Hall–Kier alpha value is -1.84. The number of rotatable bonds is 4. The van der Waals surface area contributed by atoms with E-state index < -0.39 is 11.9 Å². The molecule has 4 nitrogen and oxygen atoms in total. The fourth-order valence-corrected chi connectivity index (χ4v) is 4.36. The molecule has 23 heavy (non-hydrogen) atoms. The third-order valence-electron chi connectivity index (χ3n) is 5.84. The standard InChI is InChI=1S/C19H25NO3/c1-2-19(10-6-7-11-19)18(23)20-12-15(16(13-20)17(21)22)14-8-4-3-5-9-14/h3-5,8-9,15-16H,2,6-7,10-13H2,1H3,(H,21,22)/t15-,16-/m0/s1. The Kier molecular flexibility index (Phi) is 4.42. The van der Waals surface area contributed by atoms with Crippen LogP contribution in [0.4, 0.5) is 0 Å². The number of carbonyl (C=O) groups excluding carboxylic acids is 1. The van der Waals surface area contributed by atoms with Crippen molar-refractivity contribution in [2.24, 2.45) is 11.3 Å². The van der Waals surface area contributed by atoms with Crippen molar-refractivity contribution in [1.29, 1.82) is 0 Å². The molecule has 2 atom stereocenters. The van der Waals surface area contributed by atoms with Crippen LogP contribution in [-0.4, -0.2) is 35.0 Å². The Labute approximate surface area is 137 Å². The van der Waals surface area contributed by atoms with Crippen LogP contribution in [0.2, 0.25) is 0 Å². The van der Waals surface area contributed by atoms with Crippen LogP contribution in [0.5, 0.6) is 0 Å². The molecule has 1 aromatic rings. The van der Waals surface area contributed by atoms with Crippen LogP contribution < -0.4 is 0 Å². The maximum atomic E-state index is 13.1. The van der Waals surface area contributed by atoms with Gasteiger partial charge in [-0.25, -0.2) is 0 Å². The van der Waals surface area contributed by atoms with Gasteiger partial charge in [0.2, 0.25) is 5.91 Å². The summed E-state index contributed by atoms with van der Waals surface area (Å²) >= 11 is 0. The van der Waals surface area contributed by atoms with Gasteiger partial charge in [0.05, 0.1) is 5.92 Å². The minimum atomic E-state index is -0.800. The summed E-state index contributed by atoms with van der Waals surface area (Å²) in [5.41, 5.74) is 0.779. The Bertz CT molecular complexity index is 578. The van der Waals surface area contributed by atoms with Gasteiger partial charge in [-0.3, -0.25) is 9.59 Å². The lowest BCUT2D eigenvalue weighted by molar-refractivity contribution is -0.143. The molecule has 3 rings (SSSR count). The predicted molar refractivity (Wildman–Crippen MR) is 88.1 cm³/mol. The molecule has 1 heterocycles. The van der Waals surface area contributed by atoms with Crippen LogP contribution in [0.3, 0.4) is 0 Å². The quantitative estimate of drug-likeness (QED) is 0.927. The molecule has 1 saturated heterocycles. The van der Waals surface area contributed by atoms with E-state index in [2.05, 4.69) is 6.92 Å². The Morgan fingerprint density at radius 3 is 2.39 bits per heavy atom. The number of carboxylic acids is 1. The Balaban J connectivity index is 1.83. The Morgan fingerprint density at radius 2 is 1.83 bits per heavy atom. The van der Waals surface area contributed by atoms with Crippen LogP contribution >= 0.6 is 0 Å². The molecule has 0 spiro atoms. The van der Waals surface area contributed by atoms with E-state index in [0.717, 1.165) is 37.7 Å². The monoisotopic (exact) mass is 315 g/mol. The second-order valence-electron chi connectivity index (χ2n) is 7.01. The minimum Gasteiger partial charge on any atom is -0.481 e. The molecule has 0 radical (unpaired) electrons. The molecular weight excluding hydrogens is 290 g/mol. The van der Waals surface area contributed by atoms with Crippen LogP contribution in [0.1, 0.15) is 50.5 Å². The molecule has 2 fully saturated rings. The lowest BCUT2D eigenvalue weighted by Crippen LogP contribution is -2.41. The Morgan fingerprint density at radius 1 is 1.17 bits per heavy atom. The summed E-state index contributed by atoms with van der Waals surface area (Å²) in [7, 11) is 0. The van der Waals surface area contributed by atoms with E-state index in [0.29, 0.717) is 13.1 Å². The summed E-state index contributed by atoms with van der Waals surface area (Å²) in [6, 6.07) is 9.74. The zero-order valence-corrected chi connectivity index (χ0v) is 13.7. The molecule has 1 N–H and O–H groups in total. The van der Waals surface area contributed by atoms with Crippen molar-refractivity contribution >= 4 is 11.9 Å². The van der Waals surface area contributed by atoms with Gasteiger partial charge in [0, 0.05) is 24.4 Å². The second kappa shape index (κ2) is 6.34. The molecule has 1 saturated carbocycles. The molecule has 1 amide bonds. The van der Waals surface area contributed by atoms with Gasteiger partial charge < -0.3 is 10.0 Å². The highest BCUT2D eigenvalue weighted by Crippen LogP contribution is 2.44. The SMILES string of the molecule is CCC1(C(=O)N2C[C@H](C(=O)O)[C@H](c3ccccc3)C2)CCCC1. The molecule has 4 heteroatoms. The number of likely N-dealkylation sites (tertiary alicyclic amines) is 1. The van der Waals surface area contributed by atoms with E-state index in [9.17, 15) is 14.7 Å². The van der Waals surface area contributed by atoms with Gasteiger partial charge in [0.1, 0.15) is 0 Å². The van der Waals surface area contributed by atoms with Crippen molar-refractivity contribution < 1.29 is 14.7 Å². The van der Waals surface area contributed by atoms with Crippen LogP contribution in [0, 0.1) is 11.3 Å². The lowest BCUT2D eigenvalue weighted by Gasteiger charge is -2.31. The molecule has 0 unspecified atom stereocenters. The summed E-state index contributed by atoms with van der Waals surface area (Å²) in [5.74, 6) is -1.22. The first-order valence-corrected chi connectivity index (χ1v) is 8.64. The van der Waals surface area contributed by atoms with Crippen LogP contribution in [-0.2, 0) is 9.59 Å². The maximum absolute atomic E-state index is 13.1. The smallest absolute Gasteiger partial charge is 0.308 e. The fraction of sp³-hybridized carbons (Fsp3) is 0.579. The number of benzene rings is 1. The van der Waals surface area contributed by atoms with Gasteiger partial charge >= 0.3 is 5.97 Å². The van der Waals surface area contributed by atoms with Crippen molar-refractivity contribution in [2.75, 3.05) is 13.1 Å². The third-order valence-corrected chi connectivity index (χ3v) is 5.84. The highest BCUT2D eigenvalue weighted by molar-refractivity contribution is 5.85. The van der Waals surface area contributed by atoms with Gasteiger partial charge in [0.25, 0.3) is 0 Å². The van der Waals surface area contributed by atoms with Crippen LogP contribution in [0.25, 0.3) is 0 Å². The molecule has 1 aliphatic carbocycles. The average Bonchev–Trinajstić information content (AvgIpc) is 3.23. The number of amides is 1. The number of nitrogens with zero attached hydrogens (tertiary/aromatic N) is 1. The predicted octanol–water partition coefficient (Wildman–Crippen LogP) is 3.28. The normalized spacial score (nSPS) is 26.4. The summed E-state index contributed by atoms with van der Waals surface area (Å²) in [6.45, 7) is 2.96. The second-order valence-corrected chi connectivity index (χ2v) is 7.01. The molecule has 2 aliphatic rings. The fourth-order valence-electron chi connectivity index (χ4n) is 4.36. The molecule has 124 valence electrons. The number of hydrogen-bond acceptors (Lipinski definition) is 2. The van der Waals surface area contributed by atoms with E-state index >= 15 is 0 Å². The largest absolute Gasteiger partial charge is 0.481 e. The van der Waals surface area contributed by atoms with Gasteiger partial charge in [-0.15, -0.1) is 0 Å². The van der Waals surface area contributed by atoms with Crippen LogP contribution in [0.15, 0.2) is 30.3 Å². The summed E-state index contributed by atoms with van der Waals surface area (Å²) in [6.07, 6.45) is 4.98. The van der Waals surface area contributed by atoms with Gasteiger partial charge in [-0.05, 0) is 24.8 Å². The topological polar surface area (TPSA) is 57.6 Å². The lowest BCUT2D eigenvalue weighted by atomic mass is 9.82. The number of carboxylic acid groups (broad SMARTS) is 1. The highest BCUT2D eigenvalue weighted by atomic mass is 16.4. The van der Waals surface area contributed by atoms with E-state index in [1.54, 1.807) is 0 Å². The third kappa shape index (κ3) is 2.87. The molecule has 0 aromatic heterocycles. The zero-order valence-electron chi connectivity index (χ0n) is 13.7. The molecule has 0 bridgehead atoms. The van der Waals surface area contributed by atoms with Crippen molar-refractivity contribution in [3.8, 4) is 0 Å². The molecule has 1 aliphatic heterocycles. The van der Waals surface area contributed by atoms with E-state index in [4.69, 9.17) is 0 Å². The highest BCUT2D eigenvalue weighted by Gasteiger charge is 2.47. The molecule has 1 aromatic carbocycles.